The maximum absolute atomic E-state index is 12.5. The normalized spacial score (nSPS) is 12.2. The molecule has 8 heteroatoms. The number of hydrogen-bond acceptors (Lipinski definition) is 1. The van der Waals surface area contributed by atoms with Crippen molar-refractivity contribution >= 4 is 38.5 Å². The van der Waals surface area contributed by atoms with Crippen molar-refractivity contribution in [2.45, 2.75) is 17.9 Å². The molecular formula is C8H4BrF5IN. The van der Waals surface area contributed by atoms with E-state index in [2.05, 4.69) is 20.9 Å². The van der Waals surface area contributed by atoms with Crippen molar-refractivity contribution in [1.82, 2.24) is 4.98 Å². The van der Waals surface area contributed by atoms with Gasteiger partial charge in [0.05, 0.1) is 16.8 Å². The molecule has 0 N–H and O–H groups in total. The van der Waals surface area contributed by atoms with E-state index in [0.29, 0.717) is 6.07 Å². The first kappa shape index (κ1) is 14.1. The van der Waals surface area contributed by atoms with Gasteiger partial charge in [0, 0.05) is 5.33 Å². The van der Waals surface area contributed by atoms with Gasteiger partial charge in [-0.25, -0.2) is 13.8 Å². The second kappa shape index (κ2) is 5.11. The Balaban J connectivity index is 3.41. The van der Waals surface area contributed by atoms with Crippen molar-refractivity contribution in [3.05, 3.63) is 26.6 Å². The fourth-order valence-corrected chi connectivity index (χ4v) is 2.15. The number of pyridine rings is 1. The Labute approximate surface area is 110 Å². The van der Waals surface area contributed by atoms with Gasteiger partial charge in [0.25, 0.3) is 6.43 Å². The van der Waals surface area contributed by atoms with Crippen LogP contribution in [0.4, 0.5) is 22.0 Å². The van der Waals surface area contributed by atoms with Crippen molar-refractivity contribution in [2.24, 2.45) is 0 Å². The Bertz CT molecular complexity index is 393. The minimum absolute atomic E-state index is 0.116. The molecule has 90 valence electrons. The highest BCUT2D eigenvalue weighted by molar-refractivity contribution is 14.1. The Morgan fingerprint density at radius 1 is 1.38 bits per heavy atom. The van der Waals surface area contributed by atoms with Crippen LogP contribution < -0.4 is 0 Å². The summed E-state index contributed by atoms with van der Waals surface area (Å²) < 4.78 is 62.2. The smallest absolute Gasteiger partial charge is 0.245 e. The second-order valence-corrected chi connectivity index (χ2v) is 4.38. The second-order valence-electron chi connectivity index (χ2n) is 2.79. The molecule has 0 radical (unpaired) electrons. The third-order valence-electron chi connectivity index (χ3n) is 1.75. The summed E-state index contributed by atoms with van der Waals surface area (Å²) in [6.45, 7) is 0. The molecule has 0 fully saturated rings. The summed E-state index contributed by atoms with van der Waals surface area (Å²) in [6.07, 6.45) is -7.64. The van der Waals surface area contributed by atoms with Crippen LogP contribution in [0.2, 0.25) is 0 Å². The summed E-state index contributed by atoms with van der Waals surface area (Å²) >= 11 is 4.33. The Kier molecular flexibility index (Phi) is 4.49. The molecule has 0 unspecified atom stereocenters. The minimum atomic E-state index is -4.68. The zero-order chi connectivity index (χ0) is 12.5. The number of rotatable bonds is 2. The number of alkyl halides is 6. The summed E-state index contributed by atoms with van der Waals surface area (Å²) in [5, 5.41) is -0.138. The van der Waals surface area contributed by atoms with Crippen LogP contribution in [0.3, 0.4) is 0 Å². The molecule has 1 heterocycles. The predicted octanol–water partition coefficient (Wildman–Crippen LogP) is 4.54. The van der Waals surface area contributed by atoms with E-state index < -0.39 is 23.7 Å². The molecule has 0 saturated carbocycles. The fraction of sp³-hybridized carbons (Fsp3) is 0.375. The standard InChI is InChI=1S/C8H4BrF5IN/c9-2-5-4(8(12,13)14)1-3(6(10)11)7(15)16-5/h1,6H,2H2. The minimum Gasteiger partial charge on any atom is -0.245 e. The monoisotopic (exact) mass is 415 g/mol. The van der Waals surface area contributed by atoms with Crippen LogP contribution in [0.15, 0.2) is 6.07 Å². The highest BCUT2D eigenvalue weighted by Crippen LogP contribution is 2.35. The van der Waals surface area contributed by atoms with Crippen LogP contribution in [0.5, 0.6) is 0 Å². The average molecular weight is 416 g/mol. The Morgan fingerprint density at radius 3 is 2.31 bits per heavy atom. The van der Waals surface area contributed by atoms with Gasteiger partial charge in [-0.15, -0.1) is 0 Å². The first-order valence-electron chi connectivity index (χ1n) is 3.88. The van der Waals surface area contributed by atoms with Crippen LogP contribution in [-0.2, 0) is 11.5 Å². The largest absolute Gasteiger partial charge is 0.418 e. The lowest BCUT2D eigenvalue weighted by Gasteiger charge is -2.13. The highest BCUT2D eigenvalue weighted by atomic mass is 127. The van der Waals surface area contributed by atoms with Gasteiger partial charge in [0.15, 0.2) is 0 Å². The molecule has 0 amide bonds. The molecule has 0 atom stereocenters. The van der Waals surface area contributed by atoms with Crippen LogP contribution in [0.1, 0.15) is 23.2 Å². The quantitative estimate of drug-likeness (QED) is 0.299. The topological polar surface area (TPSA) is 12.9 Å². The van der Waals surface area contributed by atoms with E-state index in [1.54, 1.807) is 0 Å². The van der Waals surface area contributed by atoms with Crippen molar-refractivity contribution < 1.29 is 22.0 Å². The van der Waals surface area contributed by atoms with Gasteiger partial charge in [0.1, 0.15) is 3.70 Å². The lowest BCUT2D eigenvalue weighted by molar-refractivity contribution is -0.138. The van der Waals surface area contributed by atoms with E-state index >= 15 is 0 Å². The molecule has 1 rings (SSSR count). The van der Waals surface area contributed by atoms with Crippen LogP contribution in [0.25, 0.3) is 0 Å². The highest BCUT2D eigenvalue weighted by Gasteiger charge is 2.35. The maximum Gasteiger partial charge on any atom is 0.418 e. The average Bonchev–Trinajstić information content (AvgIpc) is 2.14. The molecular weight excluding hydrogens is 412 g/mol. The summed E-state index contributed by atoms with van der Waals surface area (Å²) in [5.74, 6) is 0. The predicted molar refractivity (Wildman–Crippen MR) is 59.5 cm³/mol. The summed E-state index contributed by atoms with van der Waals surface area (Å²) in [7, 11) is 0. The fourth-order valence-electron chi connectivity index (χ4n) is 1.04. The Morgan fingerprint density at radius 2 is 1.94 bits per heavy atom. The van der Waals surface area contributed by atoms with Gasteiger partial charge in [-0.1, -0.05) is 15.9 Å². The lowest BCUT2D eigenvalue weighted by Crippen LogP contribution is -2.12. The molecule has 0 spiro atoms. The molecule has 0 aromatic carbocycles. The van der Waals surface area contributed by atoms with E-state index in [1.165, 1.54) is 22.6 Å². The number of hydrogen-bond donors (Lipinski definition) is 0. The summed E-state index contributed by atoms with van der Waals surface area (Å²) in [5.41, 5.74) is -2.11. The molecule has 1 nitrogen and oxygen atoms in total. The first-order valence-corrected chi connectivity index (χ1v) is 6.08. The van der Waals surface area contributed by atoms with E-state index in [4.69, 9.17) is 0 Å². The molecule has 0 aliphatic heterocycles. The summed E-state index contributed by atoms with van der Waals surface area (Å²) in [6, 6.07) is 0.454. The van der Waals surface area contributed by atoms with Gasteiger partial charge in [0.2, 0.25) is 0 Å². The third-order valence-corrected chi connectivity index (χ3v) is 3.14. The van der Waals surface area contributed by atoms with E-state index in [9.17, 15) is 22.0 Å². The van der Waals surface area contributed by atoms with Gasteiger partial charge >= 0.3 is 6.18 Å². The zero-order valence-corrected chi connectivity index (χ0v) is 11.2. The molecule has 16 heavy (non-hydrogen) atoms. The maximum atomic E-state index is 12.5. The van der Waals surface area contributed by atoms with Crippen molar-refractivity contribution in [2.75, 3.05) is 0 Å². The van der Waals surface area contributed by atoms with Crippen molar-refractivity contribution in [3.8, 4) is 0 Å². The van der Waals surface area contributed by atoms with Crippen LogP contribution >= 0.6 is 38.5 Å². The zero-order valence-electron chi connectivity index (χ0n) is 7.45. The van der Waals surface area contributed by atoms with E-state index in [0.717, 1.165) is 0 Å². The third kappa shape index (κ3) is 3.02. The first-order chi connectivity index (χ1) is 7.27. The molecule has 1 aromatic heterocycles. The van der Waals surface area contributed by atoms with Crippen LogP contribution in [0, 0.1) is 3.70 Å². The number of aromatic nitrogens is 1. The molecule has 0 bridgehead atoms. The van der Waals surface area contributed by atoms with Gasteiger partial charge in [-0.3, -0.25) is 0 Å². The molecule has 0 aliphatic carbocycles. The number of nitrogens with zero attached hydrogens (tertiary/aromatic N) is 1. The molecule has 0 aliphatic rings. The summed E-state index contributed by atoms with van der Waals surface area (Å²) in [4.78, 5) is 3.52. The van der Waals surface area contributed by atoms with Gasteiger partial charge in [-0.2, -0.15) is 13.2 Å². The van der Waals surface area contributed by atoms with Gasteiger partial charge < -0.3 is 0 Å². The SMILES string of the molecule is FC(F)c1cc(C(F)(F)F)c(CBr)nc1I. The molecule has 0 saturated heterocycles. The molecule has 1 aromatic rings. The van der Waals surface area contributed by atoms with Crippen LogP contribution in [-0.4, -0.2) is 4.98 Å². The van der Waals surface area contributed by atoms with Crippen molar-refractivity contribution in [1.29, 1.82) is 0 Å². The van der Waals surface area contributed by atoms with E-state index in [-0.39, 0.29) is 14.7 Å². The number of halogens is 7. The van der Waals surface area contributed by atoms with Crippen molar-refractivity contribution in [3.63, 3.8) is 0 Å². The lowest BCUT2D eigenvalue weighted by atomic mass is 10.1. The van der Waals surface area contributed by atoms with E-state index in [1.807, 2.05) is 0 Å². The Hall–Kier alpha value is 0.01000. The van der Waals surface area contributed by atoms with Gasteiger partial charge in [-0.05, 0) is 28.7 Å².